The maximum Gasteiger partial charge on any atom is 0.292 e. The first kappa shape index (κ1) is 13.0. The molecule has 1 aliphatic heterocycles. The van der Waals surface area contributed by atoms with Crippen molar-refractivity contribution >= 4 is 33.2 Å². The van der Waals surface area contributed by atoms with E-state index in [4.69, 9.17) is 0 Å². The Balaban J connectivity index is 2.41. The number of nitro benzene ring substituents is 1. The van der Waals surface area contributed by atoms with Crippen molar-refractivity contribution in [2.75, 3.05) is 16.8 Å². The summed E-state index contributed by atoms with van der Waals surface area (Å²) in [5.74, 6) is 0.172. The number of halogens is 1. The van der Waals surface area contributed by atoms with E-state index in [0.29, 0.717) is 18.7 Å². The van der Waals surface area contributed by atoms with Crippen molar-refractivity contribution in [1.82, 2.24) is 0 Å². The number of nitrogens with zero attached hydrogens (tertiary/aromatic N) is 2. The third-order valence-electron chi connectivity index (χ3n) is 3.04. The lowest BCUT2D eigenvalue weighted by molar-refractivity contribution is -0.384. The Morgan fingerprint density at radius 1 is 1.56 bits per heavy atom. The molecule has 1 aromatic carbocycles. The summed E-state index contributed by atoms with van der Waals surface area (Å²) in [6.07, 6.45) is 0.441. The molecule has 1 unspecified atom stereocenters. The number of rotatable bonds is 3. The normalized spacial score (nSPS) is 19.3. The number of carbonyl (C=O) groups excluding carboxylic acids is 1. The molecule has 6 heteroatoms. The minimum Gasteiger partial charge on any atom is -0.306 e. The second kappa shape index (κ2) is 5.06. The molecular weight excluding hydrogens is 300 g/mol. The molecule has 1 amide bonds. The van der Waals surface area contributed by atoms with Gasteiger partial charge < -0.3 is 4.90 Å². The van der Waals surface area contributed by atoms with E-state index in [1.807, 2.05) is 6.92 Å². The molecule has 0 spiro atoms. The van der Waals surface area contributed by atoms with E-state index in [-0.39, 0.29) is 17.5 Å². The number of alkyl halides is 1. The average molecular weight is 313 g/mol. The number of nitro groups is 1. The van der Waals surface area contributed by atoms with E-state index >= 15 is 0 Å². The van der Waals surface area contributed by atoms with E-state index in [0.717, 1.165) is 10.9 Å². The number of aryl methyl sites for hydroxylation is 1. The zero-order valence-electron chi connectivity index (χ0n) is 9.93. The van der Waals surface area contributed by atoms with Gasteiger partial charge in [0.05, 0.1) is 4.92 Å². The smallest absolute Gasteiger partial charge is 0.292 e. The average Bonchev–Trinajstić information content (AvgIpc) is 2.70. The number of hydrogen-bond donors (Lipinski definition) is 0. The molecule has 1 atom stereocenters. The van der Waals surface area contributed by atoms with Crippen LogP contribution in [-0.4, -0.2) is 22.7 Å². The minimum absolute atomic E-state index is 0.0100. The highest BCUT2D eigenvalue weighted by Crippen LogP contribution is 2.34. The minimum atomic E-state index is -0.441. The SMILES string of the molecule is Cc1ccc([N+](=O)[O-])c(N2CC(CBr)CC2=O)c1. The molecule has 0 aliphatic carbocycles. The molecular formula is C12H13BrN2O3. The molecule has 1 heterocycles. The second-order valence-corrected chi connectivity index (χ2v) is 5.13. The van der Waals surface area contributed by atoms with Gasteiger partial charge in [-0.1, -0.05) is 22.0 Å². The topological polar surface area (TPSA) is 63.5 Å². The van der Waals surface area contributed by atoms with Gasteiger partial charge in [0.15, 0.2) is 0 Å². The molecule has 0 bridgehead atoms. The molecule has 18 heavy (non-hydrogen) atoms. The van der Waals surface area contributed by atoms with Crippen LogP contribution >= 0.6 is 15.9 Å². The zero-order chi connectivity index (χ0) is 13.3. The first-order valence-corrected chi connectivity index (χ1v) is 6.76. The Kier molecular flexibility index (Phi) is 3.65. The lowest BCUT2D eigenvalue weighted by Crippen LogP contribution is -2.25. The van der Waals surface area contributed by atoms with E-state index in [2.05, 4.69) is 15.9 Å². The summed E-state index contributed by atoms with van der Waals surface area (Å²) in [6, 6.07) is 4.84. The Hall–Kier alpha value is -1.43. The van der Waals surface area contributed by atoms with Gasteiger partial charge in [-0.3, -0.25) is 14.9 Å². The lowest BCUT2D eigenvalue weighted by Gasteiger charge is -2.16. The van der Waals surface area contributed by atoms with Crippen LogP contribution in [0.4, 0.5) is 11.4 Å². The maximum absolute atomic E-state index is 11.9. The van der Waals surface area contributed by atoms with Gasteiger partial charge in [0.25, 0.3) is 5.69 Å². The van der Waals surface area contributed by atoms with Crippen LogP contribution in [0.15, 0.2) is 18.2 Å². The summed E-state index contributed by atoms with van der Waals surface area (Å²) in [5.41, 5.74) is 1.31. The van der Waals surface area contributed by atoms with Crippen LogP contribution in [0.5, 0.6) is 0 Å². The van der Waals surface area contributed by atoms with Crippen molar-refractivity contribution in [3.05, 3.63) is 33.9 Å². The summed E-state index contributed by atoms with van der Waals surface area (Å²) in [5, 5.41) is 11.7. The predicted molar refractivity (Wildman–Crippen MR) is 72.1 cm³/mol. The highest BCUT2D eigenvalue weighted by molar-refractivity contribution is 9.09. The van der Waals surface area contributed by atoms with Gasteiger partial charge in [-0.15, -0.1) is 0 Å². The molecule has 2 rings (SSSR count). The first-order chi connectivity index (χ1) is 8.52. The van der Waals surface area contributed by atoms with Crippen LogP contribution < -0.4 is 4.90 Å². The van der Waals surface area contributed by atoms with Gasteiger partial charge >= 0.3 is 0 Å². The van der Waals surface area contributed by atoms with Crippen molar-refractivity contribution in [1.29, 1.82) is 0 Å². The number of anilines is 1. The van der Waals surface area contributed by atoms with E-state index in [1.54, 1.807) is 12.1 Å². The van der Waals surface area contributed by atoms with Crippen molar-refractivity contribution in [2.45, 2.75) is 13.3 Å². The molecule has 1 aliphatic rings. The van der Waals surface area contributed by atoms with Gasteiger partial charge in [0, 0.05) is 24.4 Å². The summed E-state index contributed by atoms with van der Waals surface area (Å²) in [4.78, 5) is 24.0. The maximum atomic E-state index is 11.9. The van der Waals surface area contributed by atoms with Gasteiger partial charge in [-0.25, -0.2) is 0 Å². The summed E-state index contributed by atoms with van der Waals surface area (Å²) in [7, 11) is 0. The Labute approximate surface area is 113 Å². The highest BCUT2D eigenvalue weighted by atomic mass is 79.9. The molecule has 0 aromatic heterocycles. The van der Waals surface area contributed by atoms with Crippen LogP contribution in [0.3, 0.4) is 0 Å². The molecule has 0 N–H and O–H groups in total. The van der Waals surface area contributed by atoms with Crippen LogP contribution in [-0.2, 0) is 4.79 Å². The predicted octanol–water partition coefficient (Wildman–Crippen LogP) is 2.65. The molecule has 96 valence electrons. The van der Waals surface area contributed by atoms with Crippen LogP contribution in [0, 0.1) is 23.0 Å². The molecule has 5 nitrogen and oxygen atoms in total. The van der Waals surface area contributed by atoms with Crippen molar-refractivity contribution < 1.29 is 9.72 Å². The van der Waals surface area contributed by atoms with Gasteiger partial charge in [0.2, 0.25) is 5.91 Å². The molecule has 0 radical (unpaired) electrons. The first-order valence-electron chi connectivity index (χ1n) is 5.64. The van der Waals surface area contributed by atoms with E-state index < -0.39 is 4.92 Å². The Bertz CT molecular complexity index is 504. The van der Waals surface area contributed by atoms with Crippen LogP contribution in [0.25, 0.3) is 0 Å². The van der Waals surface area contributed by atoms with Gasteiger partial charge in [-0.05, 0) is 24.5 Å². The third kappa shape index (κ3) is 2.38. The fourth-order valence-electron chi connectivity index (χ4n) is 2.12. The van der Waals surface area contributed by atoms with Gasteiger partial charge in [-0.2, -0.15) is 0 Å². The van der Waals surface area contributed by atoms with Crippen molar-refractivity contribution in [3.63, 3.8) is 0 Å². The third-order valence-corrected chi connectivity index (χ3v) is 3.96. The molecule has 0 saturated carbocycles. The summed E-state index contributed by atoms with van der Waals surface area (Å²) < 4.78 is 0. The van der Waals surface area contributed by atoms with Crippen LogP contribution in [0.1, 0.15) is 12.0 Å². The molecule has 1 fully saturated rings. The Morgan fingerprint density at radius 2 is 2.28 bits per heavy atom. The summed E-state index contributed by atoms with van der Waals surface area (Å²) >= 11 is 3.35. The van der Waals surface area contributed by atoms with E-state index in [1.165, 1.54) is 11.0 Å². The highest BCUT2D eigenvalue weighted by Gasteiger charge is 2.33. The fraction of sp³-hybridized carbons (Fsp3) is 0.417. The van der Waals surface area contributed by atoms with Gasteiger partial charge in [0.1, 0.15) is 5.69 Å². The molecule has 1 saturated heterocycles. The number of benzene rings is 1. The monoisotopic (exact) mass is 312 g/mol. The molecule has 1 aromatic rings. The van der Waals surface area contributed by atoms with Crippen molar-refractivity contribution in [3.8, 4) is 0 Å². The fourth-order valence-corrected chi connectivity index (χ4v) is 2.56. The largest absolute Gasteiger partial charge is 0.306 e. The Morgan fingerprint density at radius 3 is 2.83 bits per heavy atom. The standard InChI is InChI=1S/C12H13BrN2O3/c1-8-2-3-10(15(17)18)11(4-8)14-7-9(6-13)5-12(14)16/h2-4,9H,5-7H2,1H3. The zero-order valence-corrected chi connectivity index (χ0v) is 11.5. The number of hydrogen-bond acceptors (Lipinski definition) is 3. The van der Waals surface area contributed by atoms with Crippen molar-refractivity contribution in [2.24, 2.45) is 5.92 Å². The lowest BCUT2D eigenvalue weighted by atomic mass is 10.1. The number of carbonyl (C=O) groups is 1. The quantitative estimate of drug-likeness (QED) is 0.489. The van der Waals surface area contributed by atoms with E-state index in [9.17, 15) is 14.9 Å². The summed E-state index contributed by atoms with van der Waals surface area (Å²) in [6.45, 7) is 2.39. The second-order valence-electron chi connectivity index (χ2n) is 4.48. The van der Waals surface area contributed by atoms with Crippen LogP contribution in [0.2, 0.25) is 0 Å². The number of amides is 1.